The Morgan fingerprint density at radius 2 is 1.29 bits per heavy atom. The quantitative estimate of drug-likeness (QED) is 0.0376. The molecule has 0 aromatic carbocycles. The fourth-order valence-corrected chi connectivity index (χ4v) is 3.99. The third kappa shape index (κ3) is 29.6. The SMILES string of the molecule is CCCCC/C=C/C(=O)NCCN(CC(C)O)C(C)C(=O)O.CCCCC/C=C/C([O-])=NCCN(CC(C)O)C(C)C(=O)[O-].[Ca+2]. The van der Waals surface area contributed by atoms with E-state index >= 15 is 0 Å². The standard InChI is InChI=1S/2C16H30N2O4.Ca/c2*1-4-5-6-7-8-9-15(20)17-10-11-18(12-13(2)19)14(3)16(21)22;/h2*8-9,13-14,19H,4-7,10-12H2,1-3H3,(H,17,20)(H,21,22);/q;;+2/p-2/b2*9-8+;. The number of aliphatic imine (C=N–C) groups is 1. The van der Waals surface area contributed by atoms with Crippen LogP contribution in [-0.4, -0.2) is 150 Å². The van der Waals surface area contributed by atoms with Gasteiger partial charge in [0, 0.05) is 38.8 Å². The van der Waals surface area contributed by atoms with Crippen molar-refractivity contribution in [2.75, 3.05) is 39.3 Å². The fraction of sp³-hybridized carbons (Fsp3) is 0.750. The Morgan fingerprint density at radius 3 is 1.73 bits per heavy atom. The molecule has 0 saturated carbocycles. The summed E-state index contributed by atoms with van der Waals surface area (Å²) in [7, 11) is 0. The molecule has 0 aromatic heterocycles. The summed E-state index contributed by atoms with van der Waals surface area (Å²) in [6.45, 7) is 12.2. The third-order valence-electron chi connectivity index (χ3n) is 6.62. The molecule has 0 aliphatic rings. The number of hydrogen-bond donors (Lipinski definition) is 4. The summed E-state index contributed by atoms with van der Waals surface area (Å²) in [5, 5.41) is 53.0. The van der Waals surface area contributed by atoms with Crippen LogP contribution >= 0.6 is 0 Å². The molecule has 45 heavy (non-hydrogen) atoms. The molecule has 12 nitrogen and oxygen atoms in total. The molecule has 4 N–H and O–H groups in total. The number of carbonyl (C=O) groups is 3. The number of allylic oxidation sites excluding steroid dienone is 2. The van der Waals surface area contributed by atoms with E-state index in [1.807, 2.05) is 12.2 Å². The summed E-state index contributed by atoms with van der Waals surface area (Å²) in [6.07, 6.45) is 13.9. The molecule has 0 aliphatic heterocycles. The van der Waals surface area contributed by atoms with E-state index in [1.165, 1.54) is 19.1 Å². The zero-order valence-electron chi connectivity index (χ0n) is 28.4. The van der Waals surface area contributed by atoms with E-state index in [4.69, 9.17) is 5.11 Å². The molecule has 0 aromatic rings. The molecule has 4 atom stereocenters. The van der Waals surface area contributed by atoms with Crippen molar-refractivity contribution >= 4 is 61.5 Å². The summed E-state index contributed by atoms with van der Waals surface area (Å²) >= 11 is 0. The van der Waals surface area contributed by atoms with E-state index in [0.717, 1.165) is 51.4 Å². The van der Waals surface area contributed by atoms with Gasteiger partial charge in [0.15, 0.2) is 0 Å². The smallest absolute Gasteiger partial charge is 0.859 e. The van der Waals surface area contributed by atoms with Gasteiger partial charge in [-0.05, 0) is 65.4 Å². The minimum absolute atomic E-state index is 0. The number of rotatable bonds is 24. The molecular weight excluding hydrogens is 608 g/mol. The fourth-order valence-electron chi connectivity index (χ4n) is 3.99. The van der Waals surface area contributed by atoms with Gasteiger partial charge in [0.05, 0.1) is 24.7 Å². The van der Waals surface area contributed by atoms with Crippen molar-refractivity contribution in [1.29, 1.82) is 0 Å². The number of carbonyl (C=O) groups excluding carboxylic acids is 2. The van der Waals surface area contributed by atoms with Gasteiger partial charge in [-0.3, -0.25) is 24.4 Å². The normalized spacial score (nSPS) is 14.5. The number of aliphatic carboxylic acids is 2. The van der Waals surface area contributed by atoms with Crippen molar-refractivity contribution < 1.29 is 39.9 Å². The Bertz CT molecular complexity index is 868. The average Bonchev–Trinajstić information content (AvgIpc) is 2.94. The predicted molar refractivity (Wildman–Crippen MR) is 176 cm³/mol. The van der Waals surface area contributed by atoms with Crippen molar-refractivity contribution in [2.24, 2.45) is 4.99 Å². The van der Waals surface area contributed by atoms with E-state index < -0.39 is 36.2 Å². The third-order valence-corrected chi connectivity index (χ3v) is 6.62. The number of nitrogens with zero attached hydrogens (tertiary/aromatic N) is 3. The van der Waals surface area contributed by atoms with E-state index in [2.05, 4.69) is 24.2 Å². The summed E-state index contributed by atoms with van der Waals surface area (Å²) in [4.78, 5) is 40.6. The van der Waals surface area contributed by atoms with Crippen molar-refractivity contribution in [3.63, 3.8) is 0 Å². The van der Waals surface area contributed by atoms with Gasteiger partial charge in [0.1, 0.15) is 6.04 Å². The maximum Gasteiger partial charge on any atom is 2.00 e. The number of nitrogens with one attached hydrogen (secondary N) is 1. The summed E-state index contributed by atoms with van der Waals surface area (Å²) in [5.41, 5.74) is 0. The van der Waals surface area contributed by atoms with Crippen LogP contribution in [0.5, 0.6) is 0 Å². The Labute approximate surface area is 300 Å². The Kier molecular flexibility index (Phi) is 33.1. The van der Waals surface area contributed by atoms with Gasteiger partial charge >= 0.3 is 43.7 Å². The monoisotopic (exact) mass is 666 g/mol. The Morgan fingerprint density at radius 1 is 0.800 bits per heavy atom. The van der Waals surface area contributed by atoms with Gasteiger partial charge in [-0.15, -0.1) is 0 Å². The van der Waals surface area contributed by atoms with Gasteiger partial charge < -0.3 is 35.6 Å². The molecule has 0 heterocycles. The van der Waals surface area contributed by atoms with Crippen molar-refractivity contribution in [1.82, 2.24) is 15.1 Å². The molecule has 4 unspecified atom stereocenters. The second-order valence-electron chi connectivity index (χ2n) is 11.0. The summed E-state index contributed by atoms with van der Waals surface area (Å²) in [5.74, 6) is -2.63. The van der Waals surface area contributed by atoms with Gasteiger partial charge in [-0.25, -0.2) is 0 Å². The molecule has 0 saturated heterocycles. The average molecular weight is 667 g/mol. The first-order valence-corrected chi connectivity index (χ1v) is 15.9. The van der Waals surface area contributed by atoms with Gasteiger partial charge in [0.25, 0.3) is 0 Å². The summed E-state index contributed by atoms with van der Waals surface area (Å²) in [6, 6.07) is -1.53. The Balaban J connectivity index is -0.000000767. The van der Waals surface area contributed by atoms with E-state index in [0.29, 0.717) is 13.1 Å². The minimum Gasteiger partial charge on any atom is -0.859 e. The topological polar surface area (TPSA) is 189 Å². The molecule has 0 rings (SSSR count). The van der Waals surface area contributed by atoms with Crippen molar-refractivity contribution in [3.05, 3.63) is 24.3 Å². The number of hydrogen-bond acceptors (Lipinski definition) is 10. The largest absolute Gasteiger partial charge is 2.00 e. The second-order valence-corrected chi connectivity index (χ2v) is 11.0. The van der Waals surface area contributed by atoms with Crippen LogP contribution in [0.2, 0.25) is 0 Å². The minimum atomic E-state index is -1.21. The van der Waals surface area contributed by atoms with E-state index in [-0.39, 0.29) is 75.7 Å². The van der Waals surface area contributed by atoms with Crippen LogP contribution in [0.15, 0.2) is 29.3 Å². The first-order valence-electron chi connectivity index (χ1n) is 15.9. The zero-order chi connectivity index (χ0) is 33.9. The van der Waals surface area contributed by atoms with Crippen LogP contribution in [0.1, 0.15) is 92.9 Å². The van der Waals surface area contributed by atoms with Crippen LogP contribution in [0.4, 0.5) is 0 Å². The maximum absolute atomic E-state index is 11.6. The number of aliphatic hydroxyl groups excluding tert-OH is 2. The van der Waals surface area contributed by atoms with Crippen LogP contribution in [0.25, 0.3) is 0 Å². The molecule has 256 valence electrons. The number of carboxylic acids is 2. The van der Waals surface area contributed by atoms with Gasteiger partial charge in [0.2, 0.25) is 5.91 Å². The molecule has 0 bridgehead atoms. The second kappa shape index (κ2) is 31.1. The Hall–Kier alpha value is -1.54. The molecule has 0 fully saturated rings. The van der Waals surface area contributed by atoms with Crippen LogP contribution < -0.4 is 15.5 Å². The number of carboxylic acid groups (broad SMARTS) is 2. The molecule has 13 heteroatoms. The van der Waals surface area contributed by atoms with E-state index in [9.17, 15) is 34.8 Å². The number of aliphatic hydroxyl groups is 2. The van der Waals surface area contributed by atoms with Crippen LogP contribution in [0, 0.1) is 0 Å². The van der Waals surface area contributed by atoms with Gasteiger partial charge in [-0.1, -0.05) is 57.8 Å². The van der Waals surface area contributed by atoms with Gasteiger partial charge in [-0.2, -0.15) is 0 Å². The molecular formula is C32H58CaN4O8. The van der Waals surface area contributed by atoms with Crippen LogP contribution in [-0.2, 0) is 14.4 Å². The molecule has 1 amide bonds. The summed E-state index contributed by atoms with van der Waals surface area (Å²) < 4.78 is 0. The molecule has 0 radical (unpaired) electrons. The number of unbranched alkanes of at least 4 members (excludes halogenated alkanes) is 6. The molecule has 0 spiro atoms. The van der Waals surface area contributed by atoms with Crippen molar-refractivity contribution in [2.45, 2.75) is 117 Å². The van der Waals surface area contributed by atoms with E-state index in [1.54, 1.807) is 30.6 Å². The number of amides is 1. The predicted octanol–water partition coefficient (Wildman–Crippen LogP) is 0.717. The molecule has 0 aliphatic carbocycles. The maximum atomic E-state index is 11.6. The van der Waals surface area contributed by atoms with Crippen LogP contribution in [0.3, 0.4) is 0 Å². The van der Waals surface area contributed by atoms with Crippen molar-refractivity contribution in [3.8, 4) is 0 Å². The first kappa shape index (κ1) is 47.9. The zero-order valence-corrected chi connectivity index (χ0v) is 30.7. The first-order chi connectivity index (χ1) is 20.8.